The van der Waals surface area contributed by atoms with Gasteiger partial charge >= 0.3 is 0 Å². The van der Waals surface area contributed by atoms with Crippen LogP contribution in [0.4, 0.5) is 4.39 Å². The van der Waals surface area contributed by atoms with E-state index in [1.807, 2.05) is 12.1 Å². The summed E-state index contributed by atoms with van der Waals surface area (Å²) >= 11 is 0. The first-order chi connectivity index (χ1) is 9.57. The van der Waals surface area contributed by atoms with Crippen molar-refractivity contribution in [1.82, 2.24) is 0 Å². The van der Waals surface area contributed by atoms with Crippen molar-refractivity contribution in [2.24, 2.45) is 0 Å². The third-order valence-electron chi connectivity index (χ3n) is 4.44. The summed E-state index contributed by atoms with van der Waals surface area (Å²) in [7, 11) is 0. The van der Waals surface area contributed by atoms with Crippen LogP contribution in [0.15, 0.2) is 48.5 Å². The van der Waals surface area contributed by atoms with Crippen molar-refractivity contribution in [2.75, 3.05) is 0 Å². The van der Waals surface area contributed by atoms with Crippen LogP contribution in [0.1, 0.15) is 48.8 Å². The standard InChI is InChI=1S/C18H19FO/c1-18(20,16-6-3-7-17(19)12-16)15-10-8-14(9-11-15)13-4-2-5-13/h3,6-13,20H,2,4-5H2,1H3. The molecule has 0 aromatic heterocycles. The molecule has 104 valence electrons. The van der Waals surface area contributed by atoms with Gasteiger partial charge in [-0.1, -0.05) is 42.8 Å². The van der Waals surface area contributed by atoms with Crippen molar-refractivity contribution in [1.29, 1.82) is 0 Å². The molecule has 1 N–H and O–H groups in total. The third kappa shape index (κ3) is 2.36. The van der Waals surface area contributed by atoms with Gasteiger partial charge in [-0.25, -0.2) is 4.39 Å². The Morgan fingerprint density at radius 3 is 2.30 bits per heavy atom. The van der Waals surface area contributed by atoms with Gasteiger partial charge < -0.3 is 5.11 Å². The summed E-state index contributed by atoms with van der Waals surface area (Å²) in [6, 6.07) is 14.3. The number of hydrogen-bond acceptors (Lipinski definition) is 1. The molecule has 0 amide bonds. The Kier molecular flexibility index (Phi) is 3.35. The number of benzene rings is 2. The monoisotopic (exact) mass is 270 g/mol. The van der Waals surface area contributed by atoms with E-state index < -0.39 is 5.60 Å². The molecule has 1 unspecified atom stereocenters. The quantitative estimate of drug-likeness (QED) is 0.879. The number of aliphatic hydroxyl groups is 1. The van der Waals surface area contributed by atoms with Crippen LogP contribution >= 0.6 is 0 Å². The number of hydrogen-bond donors (Lipinski definition) is 1. The summed E-state index contributed by atoms with van der Waals surface area (Å²) in [6.45, 7) is 1.71. The van der Waals surface area contributed by atoms with Crippen molar-refractivity contribution in [2.45, 2.75) is 37.7 Å². The zero-order chi connectivity index (χ0) is 14.2. The molecule has 1 saturated carbocycles. The molecule has 1 aliphatic rings. The number of rotatable bonds is 3. The molecule has 0 bridgehead atoms. The molecule has 1 atom stereocenters. The zero-order valence-corrected chi connectivity index (χ0v) is 11.6. The lowest BCUT2D eigenvalue weighted by Gasteiger charge is -2.28. The predicted octanol–water partition coefficient (Wildman–Crippen LogP) is 4.35. The highest BCUT2D eigenvalue weighted by molar-refractivity contribution is 5.37. The van der Waals surface area contributed by atoms with Crippen molar-refractivity contribution in [3.05, 3.63) is 71.0 Å². The zero-order valence-electron chi connectivity index (χ0n) is 11.6. The van der Waals surface area contributed by atoms with Crippen LogP contribution in [0.2, 0.25) is 0 Å². The van der Waals surface area contributed by atoms with Crippen LogP contribution in [0, 0.1) is 5.82 Å². The van der Waals surface area contributed by atoms with Crippen molar-refractivity contribution in [3.8, 4) is 0 Å². The summed E-state index contributed by atoms with van der Waals surface area (Å²) < 4.78 is 13.3. The maximum absolute atomic E-state index is 13.3. The second-order valence-corrected chi connectivity index (χ2v) is 5.83. The van der Waals surface area contributed by atoms with E-state index in [4.69, 9.17) is 0 Å². The SMILES string of the molecule is CC(O)(c1ccc(C2CCC2)cc1)c1cccc(F)c1. The molecule has 0 saturated heterocycles. The van der Waals surface area contributed by atoms with Crippen LogP contribution in [0.25, 0.3) is 0 Å². The van der Waals surface area contributed by atoms with E-state index in [-0.39, 0.29) is 5.82 Å². The Bertz CT molecular complexity index is 597. The second-order valence-electron chi connectivity index (χ2n) is 5.83. The van der Waals surface area contributed by atoms with E-state index in [0.717, 1.165) is 5.56 Å². The molecule has 2 aromatic carbocycles. The molecule has 1 aliphatic carbocycles. The van der Waals surface area contributed by atoms with E-state index >= 15 is 0 Å². The third-order valence-corrected chi connectivity index (χ3v) is 4.44. The Hall–Kier alpha value is -1.67. The summed E-state index contributed by atoms with van der Waals surface area (Å²) in [6.07, 6.45) is 3.84. The minimum absolute atomic E-state index is 0.325. The summed E-state index contributed by atoms with van der Waals surface area (Å²) in [5.74, 6) is 0.358. The fourth-order valence-corrected chi connectivity index (χ4v) is 2.78. The Balaban J connectivity index is 1.90. The topological polar surface area (TPSA) is 20.2 Å². The average molecular weight is 270 g/mol. The van der Waals surface area contributed by atoms with Crippen LogP contribution in [0.5, 0.6) is 0 Å². The van der Waals surface area contributed by atoms with E-state index in [1.54, 1.807) is 19.1 Å². The van der Waals surface area contributed by atoms with Crippen molar-refractivity contribution >= 4 is 0 Å². The molecule has 0 spiro atoms. The van der Waals surface area contributed by atoms with Gasteiger partial charge in [0, 0.05) is 0 Å². The predicted molar refractivity (Wildman–Crippen MR) is 78.1 cm³/mol. The van der Waals surface area contributed by atoms with Gasteiger partial charge in [0.2, 0.25) is 0 Å². The summed E-state index contributed by atoms with van der Waals surface area (Å²) in [5, 5.41) is 10.7. The molecule has 20 heavy (non-hydrogen) atoms. The normalized spacial score (nSPS) is 18.4. The summed E-state index contributed by atoms with van der Waals surface area (Å²) in [4.78, 5) is 0. The maximum Gasteiger partial charge on any atom is 0.123 e. The molecule has 0 heterocycles. The maximum atomic E-state index is 13.3. The van der Waals surface area contributed by atoms with Crippen LogP contribution in [-0.2, 0) is 5.60 Å². The molecule has 2 aromatic rings. The van der Waals surface area contributed by atoms with Gasteiger partial charge in [0.05, 0.1) is 0 Å². The van der Waals surface area contributed by atoms with Crippen molar-refractivity contribution in [3.63, 3.8) is 0 Å². The highest BCUT2D eigenvalue weighted by Crippen LogP contribution is 2.37. The van der Waals surface area contributed by atoms with E-state index in [2.05, 4.69) is 12.1 Å². The summed E-state index contributed by atoms with van der Waals surface area (Å²) in [5.41, 5.74) is 1.55. The van der Waals surface area contributed by atoms with E-state index in [0.29, 0.717) is 11.5 Å². The minimum Gasteiger partial charge on any atom is -0.381 e. The molecule has 0 radical (unpaired) electrons. The van der Waals surface area contributed by atoms with Crippen LogP contribution in [0.3, 0.4) is 0 Å². The molecular weight excluding hydrogens is 251 g/mol. The highest BCUT2D eigenvalue weighted by atomic mass is 19.1. The Morgan fingerprint density at radius 1 is 1.05 bits per heavy atom. The van der Waals surface area contributed by atoms with Gasteiger partial charge in [0.1, 0.15) is 11.4 Å². The average Bonchev–Trinajstić information content (AvgIpc) is 2.37. The van der Waals surface area contributed by atoms with Gasteiger partial charge in [0.15, 0.2) is 0 Å². The molecule has 0 aliphatic heterocycles. The van der Waals surface area contributed by atoms with Crippen molar-refractivity contribution < 1.29 is 9.50 Å². The molecular formula is C18H19FO. The van der Waals surface area contributed by atoms with Gasteiger partial charge in [-0.15, -0.1) is 0 Å². The Morgan fingerprint density at radius 2 is 1.75 bits per heavy atom. The van der Waals surface area contributed by atoms with E-state index in [1.165, 1.54) is 37.0 Å². The highest BCUT2D eigenvalue weighted by Gasteiger charge is 2.26. The Labute approximate surface area is 119 Å². The van der Waals surface area contributed by atoms with Crippen LogP contribution < -0.4 is 0 Å². The van der Waals surface area contributed by atoms with E-state index in [9.17, 15) is 9.50 Å². The van der Waals surface area contributed by atoms with Gasteiger partial charge in [-0.3, -0.25) is 0 Å². The van der Waals surface area contributed by atoms with Crippen LogP contribution in [-0.4, -0.2) is 5.11 Å². The first-order valence-electron chi connectivity index (χ1n) is 7.16. The lowest BCUT2D eigenvalue weighted by molar-refractivity contribution is 0.102. The fourth-order valence-electron chi connectivity index (χ4n) is 2.78. The largest absolute Gasteiger partial charge is 0.381 e. The minimum atomic E-state index is -1.17. The fraction of sp³-hybridized carbons (Fsp3) is 0.333. The smallest absolute Gasteiger partial charge is 0.123 e. The molecule has 1 fully saturated rings. The lowest BCUT2D eigenvalue weighted by Crippen LogP contribution is -2.23. The number of halogens is 1. The van der Waals surface area contributed by atoms with Gasteiger partial charge in [0.25, 0.3) is 0 Å². The lowest BCUT2D eigenvalue weighted by atomic mass is 9.79. The molecule has 1 nitrogen and oxygen atoms in total. The molecule has 2 heteroatoms. The first kappa shape index (κ1) is 13.3. The van der Waals surface area contributed by atoms with Gasteiger partial charge in [-0.05, 0) is 54.5 Å². The van der Waals surface area contributed by atoms with Gasteiger partial charge in [-0.2, -0.15) is 0 Å². The first-order valence-corrected chi connectivity index (χ1v) is 7.16. The molecule has 3 rings (SSSR count). The second kappa shape index (κ2) is 5.02.